The Morgan fingerprint density at radius 1 is 1.14 bits per heavy atom. The number of nitrogens with one attached hydrogen (secondary N) is 1. The average molecular weight is 417 g/mol. The summed E-state index contributed by atoms with van der Waals surface area (Å²) in [7, 11) is 0. The number of ether oxygens (including phenoxy) is 1. The Hall–Kier alpha value is -2.76. The number of fused-ring (bicyclic) bond motifs is 1. The molecule has 0 atom stereocenters. The molecule has 0 aliphatic carbocycles. The highest BCUT2D eigenvalue weighted by atomic mass is 35.5. The van der Waals surface area contributed by atoms with Gasteiger partial charge in [0.2, 0.25) is 5.91 Å². The molecule has 0 bridgehead atoms. The molecule has 2 N–H and O–H groups in total. The molecule has 0 aliphatic rings. The first-order chi connectivity index (χ1) is 13.5. The van der Waals surface area contributed by atoms with Gasteiger partial charge in [0.25, 0.3) is 0 Å². The van der Waals surface area contributed by atoms with Crippen LogP contribution in [0, 0.1) is 0 Å². The molecule has 3 rings (SSSR count). The van der Waals surface area contributed by atoms with Crippen molar-refractivity contribution >= 4 is 46.1 Å². The van der Waals surface area contributed by atoms with Crippen LogP contribution < -0.4 is 10.2 Å². The van der Waals surface area contributed by atoms with Gasteiger partial charge in [-0.3, -0.25) is 4.79 Å². The Bertz CT molecular complexity index is 1020. The number of rotatable bonds is 7. The van der Waals surface area contributed by atoms with E-state index in [4.69, 9.17) is 27.9 Å². The molecule has 0 heterocycles. The minimum Gasteiger partial charge on any atom is -0.507 e. The summed E-state index contributed by atoms with van der Waals surface area (Å²) < 4.78 is 5.54. The van der Waals surface area contributed by atoms with Crippen molar-refractivity contribution in [2.24, 2.45) is 5.10 Å². The summed E-state index contributed by atoms with van der Waals surface area (Å²) in [5.74, 6) is 0.377. The summed E-state index contributed by atoms with van der Waals surface area (Å²) in [5, 5.41) is 16.8. The van der Waals surface area contributed by atoms with Crippen LogP contribution >= 0.6 is 23.2 Å². The molecule has 0 aromatic heterocycles. The van der Waals surface area contributed by atoms with Crippen LogP contribution in [0.3, 0.4) is 0 Å². The van der Waals surface area contributed by atoms with Crippen LogP contribution in [0.15, 0.2) is 59.7 Å². The molecular formula is C21H18Cl2N2O3. The monoisotopic (exact) mass is 416 g/mol. The third-order valence-electron chi connectivity index (χ3n) is 4.03. The highest BCUT2D eigenvalue weighted by Gasteiger charge is 2.06. The Balaban J connectivity index is 1.49. The number of benzene rings is 3. The molecule has 0 aliphatic heterocycles. The fraction of sp³-hybridized carbons (Fsp3) is 0.143. The summed E-state index contributed by atoms with van der Waals surface area (Å²) >= 11 is 11.9. The first-order valence-corrected chi connectivity index (χ1v) is 9.40. The van der Waals surface area contributed by atoms with Gasteiger partial charge in [-0.1, -0.05) is 53.5 Å². The molecule has 28 heavy (non-hydrogen) atoms. The predicted octanol–water partition coefficient (Wildman–Crippen LogP) is 5.16. The zero-order chi connectivity index (χ0) is 19.9. The van der Waals surface area contributed by atoms with Crippen molar-refractivity contribution in [2.45, 2.75) is 12.8 Å². The number of carbonyl (C=O) groups excluding carboxylic acids is 1. The number of amides is 1. The molecule has 0 saturated heterocycles. The molecule has 144 valence electrons. The van der Waals surface area contributed by atoms with Crippen LogP contribution in [0.25, 0.3) is 10.8 Å². The standard InChI is InChI=1S/C21H18Cl2N2O3/c22-15-8-10-20(18(23)12-15)28-11-3-6-21(27)25-24-13-17-16-5-2-1-4-14(16)7-9-19(17)26/h1-2,4-5,7-10,12-13,26H,3,6,11H2,(H,25,27)/b24-13+. The molecular weight excluding hydrogens is 399 g/mol. The number of halogens is 2. The Kier molecular flexibility index (Phi) is 6.74. The van der Waals surface area contributed by atoms with Crippen molar-refractivity contribution in [3.8, 4) is 11.5 Å². The third-order valence-corrected chi connectivity index (χ3v) is 4.56. The minimum atomic E-state index is -0.248. The summed E-state index contributed by atoms with van der Waals surface area (Å²) in [6.45, 7) is 0.336. The molecule has 0 fully saturated rings. The van der Waals surface area contributed by atoms with E-state index < -0.39 is 0 Å². The van der Waals surface area contributed by atoms with Crippen LogP contribution in [0.5, 0.6) is 11.5 Å². The maximum Gasteiger partial charge on any atom is 0.240 e. The van der Waals surface area contributed by atoms with E-state index in [1.165, 1.54) is 6.21 Å². The number of aromatic hydroxyl groups is 1. The van der Waals surface area contributed by atoms with E-state index in [1.807, 2.05) is 30.3 Å². The van der Waals surface area contributed by atoms with Crippen molar-refractivity contribution in [3.63, 3.8) is 0 Å². The zero-order valence-electron chi connectivity index (χ0n) is 14.9. The number of carbonyl (C=O) groups is 1. The smallest absolute Gasteiger partial charge is 0.240 e. The number of hydrazone groups is 1. The van der Waals surface area contributed by atoms with Crippen LogP contribution in [0.4, 0.5) is 0 Å². The van der Waals surface area contributed by atoms with Gasteiger partial charge in [0.1, 0.15) is 11.5 Å². The molecule has 7 heteroatoms. The maximum atomic E-state index is 11.9. The van der Waals surface area contributed by atoms with Crippen LogP contribution in [-0.4, -0.2) is 23.8 Å². The molecule has 5 nitrogen and oxygen atoms in total. The zero-order valence-corrected chi connectivity index (χ0v) is 16.4. The van der Waals surface area contributed by atoms with Gasteiger partial charge in [-0.15, -0.1) is 0 Å². The van der Waals surface area contributed by atoms with Gasteiger partial charge in [0, 0.05) is 17.0 Å². The number of phenols is 1. The summed E-state index contributed by atoms with van der Waals surface area (Å²) in [5.41, 5.74) is 3.02. The van der Waals surface area contributed by atoms with Crippen molar-refractivity contribution < 1.29 is 14.6 Å². The van der Waals surface area contributed by atoms with Gasteiger partial charge in [0.15, 0.2) is 0 Å². The highest BCUT2D eigenvalue weighted by Crippen LogP contribution is 2.27. The normalized spacial score (nSPS) is 11.1. The van der Waals surface area contributed by atoms with Gasteiger partial charge in [-0.05, 0) is 41.5 Å². The van der Waals surface area contributed by atoms with Crippen molar-refractivity contribution in [1.82, 2.24) is 5.43 Å². The largest absolute Gasteiger partial charge is 0.507 e. The molecule has 1 amide bonds. The number of nitrogens with zero attached hydrogens (tertiary/aromatic N) is 1. The molecule has 0 unspecified atom stereocenters. The second-order valence-electron chi connectivity index (χ2n) is 6.04. The van der Waals surface area contributed by atoms with Gasteiger partial charge >= 0.3 is 0 Å². The van der Waals surface area contributed by atoms with Crippen LogP contribution in [-0.2, 0) is 4.79 Å². The Morgan fingerprint density at radius 3 is 2.79 bits per heavy atom. The van der Waals surface area contributed by atoms with Crippen LogP contribution in [0.2, 0.25) is 10.0 Å². The lowest BCUT2D eigenvalue weighted by Gasteiger charge is -2.08. The Morgan fingerprint density at radius 2 is 1.96 bits per heavy atom. The fourth-order valence-corrected chi connectivity index (χ4v) is 3.11. The third kappa shape index (κ3) is 5.15. The molecule has 0 radical (unpaired) electrons. The SMILES string of the molecule is O=C(CCCOc1ccc(Cl)cc1Cl)N/N=C/c1c(O)ccc2ccccc12. The lowest BCUT2D eigenvalue weighted by Crippen LogP contribution is -2.18. The number of hydrogen-bond donors (Lipinski definition) is 2. The molecule has 3 aromatic rings. The molecule has 0 spiro atoms. The van der Waals surface area contributed by atoms with Gasteiger partial charge in [0.05, 0.1) is 17.8 Å². The van der Waals surface area contributed by atoms with Crippen molar-refractivity contribution in [1.29, 1.82) is 0 Å². The predicted molar refractivity (Wildman–Crippen MR) is 113 cm³/mol. The van der Waals surface area contributed by atoms with Crippen molar-refractivity contribution in [2.75, 3.05) is 6.61 Å². The highest BCUT2D eigenvalue weighted by molar-refractivity contribution is 6.35. The van der Waals surface area contributed by atoms with Crippen LogP contribution in [0.1, 0.15) is 18.4 Å². The lowest BCUT2D eigenvalue weighted by atomic mass is 10.0. The summed E-state index contributed by atoms with van der Waals surface area (Å²) in [4.78, 5) is 11.9. The van der Waals surface area contributed by atoms with Gasteiger partial charge in [-0.2, -0.15) is 5.10 Å². The maximum absolute atomic E-state index is 11.9. The van der Waals surface area contributed by atoms with Crippen molar-refractivity contribution in [3.05, 3.63) is 70.2 Å². The lowest BCUT2D eigenvalue weighted by molar-refractivity contribution is -0.121. The van der Waals surface area contributed by atoms with Gasteiger partial charge < -0.3 is 9.84 Å². The second kappa shape index (κ2) is 9.44. The van der Waals surface area contributed by atoms with E-state index in [9.17, 15) is 9.90 Å². The topological polar surface area (TPSA) is 70.9 Å². The Labute approximate surface area is 172 Å². The molecule has 0 saturated carbocycles. The van der Waals surface area contributed by atoms with E-state index >= 15 is 0 Å². The van der Waals surface area contributed by atoms with E-state index in [0.29, 0.717) is 34.4 Å². The molecule has 3 aromatic carbocycles. The number of phenolic OH excluding ortho intramolecular Hbond substituents is 1. The first kappa shape index (κ1) is 20.0. The number of hydrogen-bond acceptors (Lipinski definition) is 4. The second-order valence-corrected chi connectivity index (χ2v) is 6.88. The average Bonchev–Trinajstić information content (AvgIpc) is 2.68. The van der Waals surface area contributed by atoms with Gasteiger partial charge in [-0.25, -0.2) is 5.43 Å². The minimum absolute atomic E-state index is 0.102. The quantitative estimate of drug-likeness (QED) is 0.317. The first-order valence-electron chi connectivity index (χ1n) is 8.65. The summed E-state index contributed by atoms with van der Waals surface area (Å²) in [6, 6.07) is 16.0. The summed E-state index contributed by atoms with van der Waals surface area (Å²) in [6.07, 6.45) is 2.18. The van der Waals surface area contributed by atoms with E-state index in [0.717, 1.165) is 10.8 Å². The van der Waals surface area contributed by atoms with E-state index in [1.54, 1.807) is 24.3 Å². The fourth-order valence-electron chi connectivity index (χ4n) is 2.65. The van der Waals surface area contributed by atoms with E-state index in [-0.39, 0.29) is 18.1 Å². The van der Waals surface area contributed by atoms with E-state index in [2.05, 4.69) is 10.5 Å².